The first-order valence-electron chi connectivity index (χ1n) is 17.4. The van der Waals surface area contributed by atoms with E-state index in [1.807, 2.05) is 18.2 Å². The van der Waals surface area contributed by atoms with Crippen molar-refractivity contribution in [1.82, 2.24) is 15.3 Å². The number of amides is 2. The molecule has 0 radical (unpaired) electrons. The highest BCUT2D eigenvalue weighted by Gasteiger charge is 2.35. The number of aliphatic imine (C=N–C) groups is 2. The third-order valence-corrected chi connectivity index (χ3v) is 9.64. The number of carbonyl (C=O) groups excluding carboxylic acids is 3. The first-order valence-corrected chi connectivity index (χ1v) is 17.4. The number of nitrogens with one attached hydrogen (secondary N) is 1. The number of aryl methyl sites for hydroxylation is 1. The predicted octanol–water partition coefficient (Wildman–Crippen LogP) is 5.45. The van der Waals surface area contributed by atoms with Gasteiger partial charge in [0.1, 0.15) is 13.2 Å². The molecule has 4 aliphatic heterocycles. The van der Waals surface area contributed by atoms with Crippen molar-refractivity contribution in [3.8, 4) is 23.0 Å². The highest BCUT2D eigenvalue weighted by molar-refractivity contribution is 6.04. The van der Waals surface area contributed by atoms with Gasteiger partial charge in [-0.15, -0.1) is 0 Å². The maximum absolute atomic E-state index is 13.4. The summed E-state index contributed by atoms with van der Waals surface area (Å²) in [6.45, 7) is 9.37. The summed E-state index contributed by atoms with van der Waals surface area (Å²) >= 11 is 0. The summed E-state index contributed by atoms with van der Waals surface area (Å²) < 4.78 is 23.9. The van der Waals surface area contributed by atoms with Gasteiger partial charge >= 0.3 is 5.97 Å². The molecule has 53 heavy (non-hydrogen) atoms. The number of ether oxygens (including phenoxy) is 4. The smallest absolute Gasteiger partial charge is 0.325 e. The molecule has 4 heterocycles. The van der Waals surface area contributed by atoms with E-state index in [9.17, 15) is 14.4 Å². The molecule has 7 rings (SSSR count). The summed E-state index contributed by atoms with van der Waals surface area (Å²) in [5, 5.41) is 0. The lowest BCUT2D eigenvalue weighted by Gasteiger charge is -2.20. The molecule has 13 heteroatoms. The fraction of sp³-hybridized carbons (Fsp3) is 0.325. The average Bonchev–Trinajstić information content (AvgIpc) is 3.66. The van der Waals surface area contributed by atoms with E-state index < -0.39 is 5.97 Å². The van der Waals surface area contributed by atoms with Gasteiger partial charge in [0.2, 0.25) is 0 Å². The number of hydrogen-bond acceptors (Lipinski definition) is 11. The molecular weight excluding hydrogens is 678 g/mol. The molecule has 0 spiro atoms. The van der Waals surface area contributed by atoms with Crippen LogP contribution >= 0.6 is 0 Å². The molecule has 2 saturated heterocycles. The van der Waals surface area contributed by atoms with Crippen molar-refractivity contribution in [2.75, 3.05) is 34.4 Å². The van der Waals surface area contributed by atoms with E-state index in [0.29, 0.717) is 77.9 Å². The number of rotatable bonds is 12. The van der Waals surface area contributed by atoms with E-state index in [4.69, 9.17) is 23.8 Å². The third kappa shape index (κ3) is 7.38. The average molecular weight is 720 g/mol. The molecule has 1 N–H and O–H groups in total. The van der Waals surface area contributed by atoms with Gasteiger partial charge in [0.05, 0.1) is 55.2 Å². The SMILES string of the molecule is C=C1CC2C=Nc3cc(OCc4cc(CCC(=O)ONC)cc(COc5cc6c(cc5OC)C(=O)N5CC(=C)CC5C=N6)c4)c(OC)cc3C(=O)N2C1. The Bertz CT molecular complexity index is 1940. The maximum Gasteiger partial charge on any atom is 0.325 e. The maximum atomic E-state index is 13.4. The van der Waals surface area contributed by atoms with Crippen LogP contribution in [-0.4, -0.2) is 86.5 Å². The van der Waals surface area contributed by atoms with Crippen LogP contribution in [0.3, 0.4) is 0 Å². The van der Waals surface area contributed by atoms with Gasteiger partial charge in [-0.2, -0.15) is 5.48 Å². The molecule has 0 saturated carbocycles. The Kier molecular flexibility index (Phi) is 10.0. The van der Waals surface area contributed by atoms with Crippen LogP contribution < -0.4 is 24.4 Å². The summed E-state index contributed by atoms with van der Waals surface area (Å²) in [6, 6.07) is 12.4. The molecule has 274 valence electrons. The molecule has 2 fully saturated rings. The molecule has 0 bridgehead atoms. The number of methoxy groups -OCH3 is 2. The first kappa shape index (κ1) is 35.5. The van der Waals surface area contributed by atoms with Crippen LogP contribution in [-0.2, 0) is 29.3 Å². The van der Waals surface area contributed by atoms with Crippen molar-refractivity contribution >= 4 is 41.6 Å². The Morgan fingerprint density at radius 2 is 1.21 bits per heavy atom. The summed E-state index contributed by atoms with van der Waals surface area (Å²) in [5.41, 5.74) is 8.78. The summed E-state index contributed by atoms with van der Waals surface area (Å²) in [4.78, 5) is 56.8. The van der Waals surface area contributed by atoms with E-state index in [2.05, 4.69) is 28.6 Å². The lowest BCUT2D eigenvalue weighted by atomic mass is 10.0. The van der Waals surface area contributed by atoms with E-state index in [1.54, 1.807) is 46.5 Å². The first-order chi connectivity index (χ1) is 25.6. The van der Waals surface area contributed by atoms with Crippen molar-refractivity contribution in [3.05, 3.63) is 94.6 Å². The normalized spacial score (nSPS) is 18.5. The molecule has 3 aromatic rings. The van der Waals surface area contributed by atoms with Crippen LogP contribution in [0.15, 0.2) is 76.8 Å². The number of hydroxylamine groups is 1. The van der Waals surface area contributed by atoms with Crippen molar-refractivity contribution in [2.24, 2.45) is 9.98 Å². The Hall–Kier alpha value is -5.95. The molecular formula is C40H41N5O8. The second-order valence-corrected chi connectivity index (χ2v) is 13.4. The zero-order chi connectivity index (χ0) is 37.2. The van der Waals surface area contributed by atoms with E-state index in [1.165, 1.54) is 21.3 Å². The van der Waals surface area contributed by atoms with Crippen molar-refractivity contribution in [2.45, 2.75) is 51.0 Å². The lowest BCUT2D eigenvalue weighted by molar-refractivity contribution is -0.149. The second kappa shape index (κ2) is 15.0. The molecule has 0 aromatic heterocycles. The number of nitrogens with zero attached hydrogens (tertiary/aromatic N) is 4. The van der Waals surface area contributed by atoms with Crippen LogP contribution in [0.25, 0.3) is 0 Å². The molecule has 13 nitrogen and oxygen atoms in total. The Morgan fingerprint density at radius 1 is 0.736 bits per heavy atom. The van der Waals surface area contributed by atoms with Crippen molar-refractivity contribution < 1.29 is 38.2 Å². The zero-order valence-electron chi connectivity index (χ0n) is 30.0. The van der Waals surface area contributed by atoms with E-state index in [0.717, 1.165) is 27.8 Å². The Morgan fingerprint density at radius 3 is 1.66 bits per heavy atom. The Balaban J connectivity index is 1.13. The molecule has 2 atom stereocenters. The van der Waals surface area contributed by atoms with Crippen LogP contribution in [0.1, 0.15) is 56.7 Å². The molecule has 3 aromatic carbocycles. The fourth-order valence-corrected chi connectivity index (χ4v) is 7.09. The van der Waals surface area contributed by atoms with Crippen LogP contribution in [0.4, 0.5) is 11.4 Å². The molecule has 2 amide bonds. The minimum atomic E-state index is -0.392. The second-order valence-electron chi connectivity index (χ2n) is 13.4. The van der Waals surface area contributed by atoms with Gasteiger partial charge in [0.25, 0.3) is 11.8 Å². The summed E-state index contributed by atoms with van der Waals surface area (Å²) in [7, 11) is 4.58. The highest BCUT2D eigenvalue weighted by Crippen LogP contribution is 2.40. The lowest BCUT2D eigenvalue weighted by Crippen LogP contribution is -2.35. The van der Waals surface area contributed by atoms with Crippen molar-refractivity contribution in [3.63, 3.8) is 0 Å². The standard InChI is InChI=1S/C40H41N5O8/c1-23-8-28-17-42-32-15-36(34(49-4)13-30(32)39(47)44(28)19-23)51-21-26-10-25(6-7-38(46)53-41-3)11-27(12-26)22-52-37-16-33-31(14-35(37)50-5)40(48)45-20-24(2)9-29(45)18-43-33/h10-18,28-29,41H,1-2,6-9,19-22H2,3-5H3. The van der Waals surface area contributed by atoms with Gasteiger partial charge in [-0.3, -0.25) is 24.4 Å². The van der Waals surface area contributed by atoms with Crippen LogP contribution in [0.5, 0.6) is 23.0 Å². The van der Waals surface area contributed by atoms with Gasteiger partial charge in [-0.25, -0.2) is 0 Å². The summed E-state index contributed by atoms with van der Waals surface area (Å²) in [6.07, 6.45) is 5.50. The Labute approximate surface area is 307 Å². The van der Waals surface area contributed by atoms with Gasteiger partial charge in [0, 0.05) is 44.7 Å². The van der Waals surface area contributed by atoms with Gasteiger partial charge < -0.3 is 33.6 Å². The van der Waals surface area contributed by atoms with Gasteiger partial charge in [-0.1, -0.05) is 36.4 Å². The number of hydrogen-bond donors (Lipinski definition) is 1. The van der Waals surface area contributed by atoms with Crippen LogP contribution in [0, 0.1) is 0 Å². The van der Waals surface area contributed by atoms with Gasteiger partial charge in [-0.05, 0) is 54.2 Å². The highest BCUT2D eigenvalue weighted by atomic mass is 16.7. The number of carbonyl (C=O) groups is 3. The monoisotopic (exact) mass is 719 g/mol. The molecule has 2 unspecified atom stereocenters. The number of benzene rings is 3. The third-order valence-electron chi connectivity index (χ3n) is 9.64. The molecule has 4 aliphatic rings. The van der Waals surface area contributed by atoms with Gasteiger partial charge in [0.15, 0.2) is 23.0 Å². The predicted molar refractivity (Wildman–Crippen MR) is 198 cm³/mol. The van der Waals surface area contributed by atoms with Crippen molar-refractivity contribution in [1.29, 1.82) is 0 Å². The fourth-order valence-electron chi connectivity index (χ4n) is 7.09. The van der Waals surface area contributed by atoms with E-state index in [-0.39, 0.29) is 43.5 Å². The quantitative estimate of drug-likeness (QED) is 0.191. The van der Waals surface area contributed by atoms with E-state index >= 15 is 0 Å². The summed E-state index contributed by atoms with van der Waals surface area (Å²) in [5.74, 6) is 1.01. The molecule has 0 aliphatic carbocycles. The largest absolute Gasteiger partial charge is 0.493 e. The minimum absolute atomic E-state index is 0.128. The topological polar surface area (TPSA) is 141 Å². The number of fused-ring (bicyclic) bond motifs is 4. The zero-order valence-corrected chi connectivity index (χ0v) is 30.0. The van der Waals surface area contributed by atoms with Crippen LogP contribution in [0.2, 0.25) is 0 Å². The minimum Gasteiger partial charge on any atom is -0.493 e.